The molecule has 0 radical (unpaired) electrons. The molecule has 0 atom stereocenters. The quantitative estimate of drug-likeness (QED) is 0.823. The highest BCUT2D eigenvalue weighted by molar-refractivity contribution is 8.00. The highest BCUT2D eigenvalue weighted by Crippen LogP contribution is 2.26. The monoisotopic (exact) mass is 321 g/mol. The fourth-order valence-corrected chi connectivity index (χ4v) is 2.71. The SMILES string of the molecule is O=C(CSc1ccccc1Cl)Nc1ccccc1C(=O)O. The van der Waals surface area contributed by atoms with Crippen molar-refractivity contribution in [2.75, 3.05) is 11.1 Å². The Morgan fingerprint density at radius 3 is 2.48 bits per heavy atom. The largest absolute Gasteiger partial charge is 0.478 e. The number of benzene rings is 2. The number of carboxylic acids is 1. The second-order valence-corrected chi connectivity index (χ2v) is 5.54. The van der Waals surface area contributed by atoms with Crippen molar-refractivity contribution in [2.24, 2.45) is 0 Å². The molecule has 2 aromatic rings. The number of anilines is 1. The highest BCUT2D eigenvalue weighted by atomic mass is 35.5. The Bertz CT molecular complexity index is 675. The molecule has 0 bridgehead atoms. The Balaban J connectivity index is 2.00. The van der Waals surface area contributed by atoms with E-state index in [0.29, 0.717) is 5.02 Å². The molecule has 0 heterocycles. The zero-order valence-corrected chi connectivity index (χ0v) is 12.4. The fraction of sp³-hybridized carbons (Fsp3) is 0.0667. The summed E-state index contributed by atoms with van der Waals surface area (Å²) < 4.78 is 0. The topological polar surface area (TPSA) is 66.4 Å². The summed E-state index contributed by atoms with van der Waals surface area (Å²) >= 11 is 7.30. The van der Waals surface area contributed by atoms with E-state index in [1.807, 2.05) is 18.2 Å². The molecule has 0 spiro atoms. The summed E-state index contributed by atoms with van der Waals surface area (Å²) in [5, 5.41) is 12.2. The van der Waals surface area contributed by atoms with E-state index in [-0.39, 0.29) is 22.9 Å². The van der Waals surface area contributed by atoms with Crippen LogP contribution in [0.5, 0.6) is 0 Å². The van der Waals surface area contributed by atoms with Crippen molar-refractivity contribution in [1.29, 1.82) is 0 Å². The number of hydrogen-bond acceptors (Lipinski definition) is 3. The summed E-state index contributed by atoms with van der Waals surface area (Å²) in [7, 11) is 0. The zero-order valence-electron chi connectivity index (χ0n) is 10.9. The van der Waals surface area contributed by atoms with Gasteiger partial charge in [0, 0.05) is 4.90 Å². The molecule has 0 unspecified atom stereocenters. The van der Waals surface area contributed by atoms with Gasteiger partial charge < -0.3 is 10.4 Å². The standard InChI is InChI=1S/C15H12ClNO3S/c16-11-6-2-4-8-13(11)21-9-14(18)17-12-7-3-1-5-10(12)15(19)20/h1-8H,9H2,(H,17,18)(H,19,20). The van der Waals surface area contributed by atoms with Crippen molar-refractivity contribution in [2.45, 2.75) is 4.90 Å². The maximum atomic E-state index is 11.9. The van der Waals surface area contributed by atoms with Gasteiger partial charge in [0.15, 0.2) is 0 Å². The molecular formula is C15H12ClNO3S. The number of hydrogen-bond donors (Lipinski definition) is 2. The van der Waals surface area contributed by atoms with Gasteiger partial charge in [-0.05, 0) is 24.3 Å². The Hall–Kier alpha value is -1.98. The van der Waals surface area contributed by atoms with Crippen LogP contribution in [0.2, 0.25) is 5.02 Å². The van der Waals surface area contributed by atoms with Crippen molar-refractivity contribution >= 4 is 40.9 Å². The van der Waals surface area contributed by atoms with Crippen molar-refractivity contribution in [3.63, 3.8) is 0 Å². The maximum Gasteiger partial charge on any atom is 0.337 e. The van der Waals surface area contributed by atoms with E-state index in [4.69, 9.17) is 16.7 Å². The smallest absolute Gasteiger partial charge is 0.337 e. The van der Waals surface area contributed by atoms with Gasteiger partial charge in [-0.1, -0.05) is 35.9 Å². The average molecular weight is 322 g/mol. The lowest BCUT2D eigenvalue weighted by Crippen LogP contribution is -2.16. The fourth-order valence-electron chi connectivity index (χ4n) is 1.67. The number of nitrogens with one attached hydrogen (secondary N) is 1. The predicted octanol–water partition coefficient (Wildman–Crippen LogP) is 3.77. The van der Waals surface area contributed by atoms with Gasteiger partial charge in [-0.15, -0.1) is 11.8 Å². The summed E-state index contributed by atoms with van der Waals surface area (Å²) in [5.74, 6) is -1.21. The van der Waals surface area contributed by atoms with Crippen LogP contribution in [0.25, 0.3) is 0 Å². The summed E-state index contributed by atoms with van der Waals surface area (Å²) in [5.41, 5.74) is 0.350. The predicted molar refractivity (Wildman–Crippen MR) is 84.2 cm³/mol. The molecule has 2 aromatic carbocycles. The lowest BCUT2D eigenvalue weighted by molar-refractivity contribution is -0.113. The molecule has 21 heavy (non-hydrogen) atoms. The third-order valence-electron chi connectivity index (χ3n) is 2.63. The van der Waals surface area contributed by atoms with Gasteiger partial charge in [-0.3, -0.25) is 4.79 Å². The number of carbonyl (C=O) groups is 2. The van der Waals surface area contributed by atoms with Crippen LogP contribution in [-0.2, 0) is 4.79 Å². The number of para-hydroxylation sites is 1. The van der Waals surface area contributed by atoms with Crippen molar-refractivity contribution < 1.29 is 14.7 Å². The first-order valence-electron chi connectivity index (χ1n) is 6.07. The van der Waals surface area contributed by atoms with E-state index in [1.54, 1.807) is 24.3 Å². The summed E-state index contributed by atoms with van der Waals surface area (Å²) in [6.07, 6.45) is 0. The van der Waals surface area contributed by atoms with Gasteiger partial charge in [0.1, 0.15) is 0 Å². The van der Waals surface area contributed by atoms with E-state index in [1.165, 1.54) is 17.8 Å². The van der Waals surface area contributed by atoms with Crippen LogP contribution < -0.4 is 5.32 Å². The normalized spacial score (nSPS) is 10.1. The summed E-state index contributed by atoms with van der Waals surface area (Å²) in [4.78, 5) is 23.8. The van der Waals surface area contributed by atoms with Crippen molar-refractivity contribution in [3.8, 4) is 0 Å². The van der Waals surface area contributed by atoms with Gasteiger partial charge in [-0.2, -0.15) is 0 Å². The molecule has 4 nitrogen and oxygen atoms in total. The lowest BCUT2D eigenvalue weighted by Gasteiger charge is -2.08. The third kappa shape index (κ3) is 4.24. The Kier molecular flexibility index (Phi) is 5.25. The average Bonchev–Trinajstić information content (AvgIpc) is 2.47. The molecule has 108 valence electrons. The number of halogens is 1. The van der Waals surface area contributed by atoms with E-state index >= 15 is 0 Å². The molecular weight excluding hydrogens is 310 g/mol. The number of thioether (sulfide) groups is 1. The highest BCUT2D eigenvalue weighted by Gasteiger charge is 2.12. The third-order valence-corrected chi connectivity index (χ3v) is 4.14. The summed E-state index contributed by atoms with van der Waals surface area (Å²) in [6.45, 7) is 0. The van der Waals surface area contributed by atoms with E-state index in [2.05, 4.69) is 5.32 Å². The number of carboxylic acid groups (broad SMARTS) is 1. The Morgan fingerprint density at radius 2 is 1.76 bits per heavy atom. The minimum atomic E-state index is -1.08. The molecule has 0 saturated carbocycles. The molecule has 0 aromatic heterocycles. The molecule has 2 N–H and O–H groups in total. The van der Waals surface area contributed by atoms with Gasteiger partial charge >= 0.3 is 5.97 Å². The number of amides is 1. The van der Waals surface area contributed by atoms with E-state index < -0.39 is 5.97 Å². The first-order chi connectivity index (χ1) is 10.1. The molecule has 0 aliphatic heterocycles. The molecule has 0 saturated heterocycles. The molecule has 6 heteroatoms. The maximum absolute atomic E-state index is 11.9. The first kappa shape index (κ1) is 15.4. The van der Waals surface area contributed by atoms with Crippen LogP contribution in [0.15, 0.2) is 53.4 Å². The number of carbonyl (C=O) groups excluding carboxylic acids is 1. The minimum Gasteiger partial charge on any atom is -0.478 e. The van der Waals surface area contributed by atoms with Crippen LogP contribution >= 0.6 is 23.4 Å². The van der Waals surface area contributed by atoms with Crippen LogP contribution in [0.4, 0.5) is 5.69 Å². The van der Waals surface area contributed by atoms with E-state index in [0.717, 1.165) is 4.90 Å². The van der Waals surface area contributed by atoms with Gasteiger partial charge in [0.2, 0.25) is 5.91 Å². The lowest BCUT2D eigenvalue weighted by atomic mass is 10.2. The molecule has 0 aliphatic rings. The van der Waals surface area contributed by atoms with Crippen molar-refractivity contribution in [3.05, 3.63) is 59.1 Å². The van der Waals surface area contributed by atoms with Crippen LogP contribution in [0.3, 0.4) is 0 Å². The second-order valence-electron chi connectivity index (χ2n) is 4.12. The van der Waals surface area contributed by atoms with Crippen LogP contribution in [0.1, 0.15) is 10.4 Å². The number of rotatable bonds is 5. The molecule has 0 fully saturated rings. The number of aromatic carboxylic acids is 1. The second kappa shape index (κ2) is 7.15. The Labute approximate surface area is 131 Å². The van der Waals surface area contributed by atoms with Gasteiger partial charge in [-0.25, -0.2) is 4.79 Å². The zero-order chi connectivity index (χ0) is 15.2. The van der Waals surface area contributed by atoms with Crippen LogP contribution in [0, 0.1) is 0 Å². The van der Waals surface area contributed by atoms with E-state index in [9.17, 15) is 9.59 Å². The molecule has 2 rings (SSSR count). The van der Waals surface area contributed by atoms with Gasteiger partial charge in [0.05, 0.1) is 22.0 Å². The molecule has 1 amide bonds. The Morgan fingerprint density at radius 1 is 1.10 bits per heavy atom. The van der Waals surface area contributed by atoms with Gasteiger partial charge in [0.25, 0.3) is 0 Å². The van der Waals surface area contributed by atoms with Crippen LogP contribution in [-0.4, -0.2) is 22.7 Å². The molecule has 0 aliphatic carbocycles. The first-order valence-corrected chi connectivity index (χ1v) is 7.44. The summed E-state index contributed by atoms with van der Waals surface area (Å²) in [6, 6.07) is 13.5. The minimum absolute atomic E-state index is 0.0635. The van der Waals surface area contributed by atoms with Crippen molar-refractivity contribution in [1.82, 2.24) is 0 Å².